The van der Waals surface area contributed by atoms with E-state index in [-0.39, 0.29) is 5.97 Å². The second-order valence-electron chi connectivity index (χ2n) is 10.4. The largest absolute Gasteiger partial charge is 0.347 e. The normalized spacial score (nSPS) is 11.6. The average molecular weight is 461 g/mol. The molecule has 3 heteroatoms. The molecule has 0 bridgehead atoms. The molecular weight excluding hydrogens is 408 g/mol. The van der Waals surface area contributed by atoms with Crippen molar-refractivity contribution in [1.29, 1.82) is 0 Å². The summed E-state index contributed by atoms with van der Waals surface area (Å²) in [5.74, 6) is -0.269. The molecule has 0 heterocycles. The Bertz CT molecular complexity index is 567. The van der Waals surface area contributed by atoms with E-state index in [4.69, 9.17) is 9.78 Å². The predicted octanol–water partition coefficient (Wildman–Crippen LogP) is 9.38. The van der Waals surface area contributed by atoms with Crippen LogP contribution in [0.25, 0.3) is 0 Å². The Hall–Kier alpha value is -1.35. The average Bonchev–Trinajstić information content (AvgIpc) is 2.82. The van der Waals surface area contributed by atoms with Crippen molar-refractivity contribution in [2.45, 2.75) is 136 Å². The molecule has 0 amide bonds. The molecule has 0 radical (unpaired) electrons. The van der Waals surface area contributed by atoms with Crippen LogP contribution in [0.5, 0.6) is 0 Å². The van der Waals surface area contributed by atoms with Gasteiger partial charge in [0.05, 0.1) is 12.0 Å². The molecular formula is C30H52O3. The van der Waals surface area contributed by atoms with Crippen LogP contribution in [0, 0.1) is 5.41 Å². The van der Waals surface area contributed by atoms with E-state index in [9.17, 15) is 4.79 Å². The molecule has 1 rings (SSSR count). The van der Waals surface area contributed by atoms with Gasteiger partial charge in [0, 0.05) is 0 Å². The van der Waals surface area contributed by atoms with Crippen LogP contribution in [0.15, 0.2) is 30.3 Å². The number of carbonyl (C=O) groups excluding carboxylic acids is 1. The third-order valence-corrected chi connectivity index (χ3v) is 6.65. The quantitative estimate of drug-likeness (QED) is 0.0982. The Balaban J connectivity index is 1.85. The molecule has 0 saturated heterocycles. The number of hydrogen-bond acceptors (Lipinski definition) is 3. The van der Waals surface area contributed by atoms with Crippen molar-refractivity contribution in [1.82, 2.24) is 0 Å². The number of aryl methyl sites for hydroxylation is 1. The molecule has 3 nitrogen and oxygen atoms in total. The molecule has 0 aliphatic heterocycles. The first-order valence-electron chi connectivity index (χ1n) is 13.9. The third kappa shape index (κ3) is 16.8. The SMILES string of the molecule is CCCCCCCCCCCCCCCCCCOOC(=O)C(C)(C)CCc1ccccc1. The molecule has 0 unspecified atom stereocenters. The highest BCUT2D eigenvalue weighted by Crippen LogP contribution is 2.25. The highest BCUT2D eigenvalue weighted by atomic mass is 17.2. The number of hydrogen-bond donors (Lipinski definition) is 0. The van der Waals surface area contributed by atoms with Crippen LogP contribution in [0.4, 0.5) is 0 Å². The molecule has 1 aromatic rings. The first-order chi connectivity index (χ1) is 16.1. The Morgan fingerprint density at radius 3 is 1.64 bits per heavy atom. The van der Waals surface area contributed by atoms with Crippen molar-refractivity contribution in [2.24, 2.45) is 5.41 Å². The number of benzene rings is 1. The first-order valence-corrected chi connectivity index (χ1v) is 13.9. The van der Waals surface area contributed by atoms with Crippen molar-refractivity contribution in [3.8, 4) is 0 Å². The van der Waals surface area contributed by atoms with Gasteiger partial charge in [-0.25, -0.2) is 4.79 Å². The Labute approximate surface area is 205 Å². The lowest BCUT2D eigenvalue weighted by atomic mass is 9.86. The van der Waals surface area contributed by atoms with Crippen LogP contribution in [0.2, 0.25) is 0 Å². The molecule has 0 aliphatic rings. The van der Waals surface area contributed by atoms with Crippen molar-refractivity contribution in [2.75, 3.05) is 6.61 Å². The summed E-state index contributed by atoms with van der Waals surface area (Å²) in [4.78, 5) is 22.6. The van der Waals surface area contributed by atoms with Crippen molar-refractivity contribution < 1.29 is 14.6 Å². The minimum Gasteiger partial charge on any atom is -0.298 e. The van der Waals surface area contributed by atoms with E-state index in [0.29, 0.717) is 6.61 Å². The van der Waals surface area contributed by atoms with Gasteiger partial charge in [-0.05, 0) is 38.7 Å². The van der Waals surface area contributed by atoms with Gasteiger partial charge in [-0.1, -0.05) is 134 Å². The van der Waals surface area contributed by atoms with E-state index < -0.39 is 5.41 Å². The number of unbranched alkanes of at least 4 members (excludes halogenated alkanes) is 15. The summed E-state index contributed by atoms with van der Waals surface area (Å²) in [7, 11) is 0. The van der Waals surface area contributed by atoms with Crippen LogP contribution >= 0.6 is 0 Å². The van der Waals surface area contributed by atoms with E-state index in [0.717, 1.165) is 25.7 Å². The minimum atomic E-state index is -0.537. The molecule has 0 saturated carbocycles. The summed E-state index contributed by atoms with van der Waals surface area (Å²) in [6.07, 6.45) is 23.2. The maximum absolute atomic E-state index is 12.3. The Morgan fingerprint density at radius 1 is 0.697 bits per heavy atom. The van der Waals surface area contributed by atoms with Gasteiger partial charge < -0.3 is 0 Å². The summed E-state index contributed by atoms with van der Waals surface area (Å²) < 4.78 is 0. The van der Waals surface area contributed by atoms with E-state index in [1.54, 1.807) is 0 Å². The number of rotatable bonds is 22. The molecule has 190 valence electrons. The zero-order chi connectivity index (χ0) is 24.0. The molecule has 0 fully saturated rings. The second-order valence-corrected chi connectivity index (χ2v) is 10.4. The zero-order valence-electron chi connectivity index (χ0n) is 22.0. The Morgan fingerprint density at radius 2 is 1.15 bits per heavy atom. The molecule has 0 spiro atoms. The molecule has 0 aromatic heterocycles. The highest BCUT2D eigenvalue weighted by Gasteiger charge is 2.30. The maximum atomic E-state index is 12.3. The fourth-order valence-corrected chi connectivity index (χ4v) is 4.12. The number of carbonyl (C=O) groups is 1. The third-order valence-electron chi connectivity index (χ3n) is 6.65. The summed E-state index contributed by atoms with van der Waals surface area (Å²) in [5.41, 5.74) is 0.706. The lowest BCUT2D eigenvalue weighted by Crippen LogP contribution is -2.27. The van der Waals surface area contributed by atoms with Gasteiger partial charge in [-0.2, -0.15) is 4.89 Å². The summed E-state index contributed by atoms with van der Waals surface area (Å²) in [6, 6.07) is 10.3. The standard InChI is InChI=1S/C30H52O3/c1-4-5-6-7-8-9-10-11-12-13-14-15-16-17-18-22-27-32-33-29(31)30(2,3)26-25-28-23-20-19-21-24-28/h19-21,23-24H,4-18,22,25-27H2,1-3H3. The zero-order valence-corrected chi connectivity index (χ0v) is 22.0. The van der Waals surface area contributed by atoms with Crippen molar-refractivity contribution >= 4 is 5.97 Å². The monoisotopic (exact) mass is 460 g/mol. The van der Waals surface area contributed by atoms with Crippen LogP contribution in [0.1, 0.15) is 135 Å². The summed E-state index contributed by atoms with van der Waals surface area (Å²) >= 11 is 0. The smallest absolute Gasteiger partial charge is 0.298 e. The first kappa shape index (κ1) is 29.7. The van der Waals surface area contributed by atoms with Crippen LogP contribution < -0.4 is 0 Å². The molecule has 1 aromatic carbocycles. The van der Waals surface area contributed by atoms with E-state index in [1.165, 1.54) is 95.5 Å². The van der Waals surface area contributed by atoms with Gasteiger partial charge in [0.1, 0.15) is 0 Å². The molecule has 33 heavy (non-hydrogen) atoms. The van der Waals surface area contributed by atoms with Crippen molar-refractivity contribution in [3.05, 3.63) is 35.9 Å². The fraction of sp³-hybridized carbons (Fsp3) is 0.767. The van der Waals surface area contributed by atoms with Gasteiger partial charge >= 0.3 is 5.97 Å². The van der Waals surface area contributed by atoms with Gasteiger partial charge in [0.2, 0.25) is 0 Å². The van der Waals surface area contributed by atoms with Gasteiger partial charge in [0.15, 0.2) is 0 Å². The lowest BCUT2D eigenvalue weighted by Gasteiger charge is -2.21. The van der Waals surface area contributed by atoms with E-state index in [2.05, 4.69) is 19.1 Å². The predicted molar refractivity (Wildman–Crippen MR) is 140 cm³/mol. The molecule has 0 N–H and O–H groups in total. The minimum absolute atomic E-state index is 0.269. The fourth-order valence-electron chi connectivity index (χ4n) is 4.12. The second kappa shape index (κ2) is 20.1. The maximum Gasteiger partial charge on any atom is 0.347 e. The lowest BCUT2D eigenvalue weighted by molar-refractivity contribution is -0.280. The molecule has 0 atom stereocenters. The van der Waals surface area contributed by atoms with Crippen molar-refractivity contribution in [3.63, 3.8) is 0 Å². The van der Waals surface area contributed by atoms with Crippen LogP contribution in [-0.4, -0.2) is 12.6 Å². The van der Waals surface area contributed by atoms with Gasteiger partial charge in [0.25, 0.3) is 0 Å². The summed E-state index contributed by atoms with van der Waals surface area (Å²) in [6.45, 7) is 6.63. The topological polar surface area (TPSA) is 35.5 Å². The van der Waals surface area contributed by atoms with E-state index in [1.807, 2.05) is 32.0 Å². The van der Waals surface area contributed by atoms with Crippen LogP contribution in [-0.2, 0) is 21.0 Å². The summed E-state index contributed by atoms with van der Waals surface area (Å²) in [5, 5.41) is 0. The van der Waals surface area contributed by atoms with Gasteiger partial charge in [-0.3, -0.25) is 4.89 Å². The van der Waals surface area contributed by atoms with Gasteiger partial charge in [-0.15, -0.1) is 0 Å². The highest BCUT2D eigenvalue weighted by molar-refractivity contribution is 5.75. The van der Waals surface area contributed by atoms with E-state index >= 15 is 0 Å². The Kier molecular flexibility index (Phi) is 18.0. The van der Waals surface area contributed by atoms with Crippen LogP contribution in [0.3, 0.4) is 0 Å². The molecule has 0 aliphatic carbocycles.